The van der Waals surface area contributed by atoms with Crippen molar-refractivity contribution in [2.24, 2.45) is 0 Å². The number of β-amino-alcohol motifs (C(OH)–C–C–N with tert-alkyl or cyclic N) is 1. The molecular weight excluding hydrogens is 289 g/mol. The van der Waals surface area contributed by atoms with E-state index in [1.165, 1.54) is 14.2 Å². The Morgan fingerprint density at radius 2 is 2.05 bits per heavy atom. The minimum atomic E-state index is -2.12. The molecule has 2 atom stereocenters. The van der Waals surface area contributed by atoms with Gasteiger partial charge in [0.25, 0.3) is 11.5 Å². The van der Waals surface area contributed by atoms with Crippen molar-refractivity contribution in [3.05, 3.63) is 23.3 Å². The minimum absolute atomic E-state index is 0.0392. The van der Waals surface area contributed by atoms with Crippen LogP contribution in [-0.2, 0) is 11.3 Å². The fourth-order valence-corrected chi connectivity index (χ4v) is 2.52. The van der Waals surface area contributed by atoms with Crippen LogP contribution < -0.4 is 9.47 Å². The lowest BCUT2D eigenvalue weighted by Gasteiger charge is -2.34. The molecule has 0 saturated carbocycles. The number of amides is 1. The molecule has 2 unspecified atom stereocenters. The molecule has 20 heavy (non-hydrogen) atoms. The average molecular weight is 304 g/mol. The molecule has 0 bridgehead atoms. The van der Waals surface area contributed by atoms with Gasteiger partial charge in [0.1, 0.15) is 17.6 Å². The van der Waals surface area contributed by atoms with Crippen LogP contribution in [0.3, 0.4) is 0 Å². The molecule has 1 aliphatic heterocycles. The highest BCUT2D eigenvalue weighted by Gasteiger charge is 2.33. The number of ether oxygens (including phenoxy) is 2. The molecule has 0 aromatic heterocycles. The monoisotopic (exact) mass is 303 g/mol. The summed E-state index contributed by atoms with van der Waals surface area (Å²) in [4.78, 5) is 12.8. The van der Waals surface area contributed by atoms with Crippen molar-refractivity contribution in [3.63, 3.8) is 0 Å². The first-order chi connectivity index (χ1) is 9.49. The van der Waals surface area contributed by atoms with Crippen LogP contribution in [0.1, 0.15) is 17.2 Å². The normalized spacial score (nSPS) is 19.2. The highest BCUT2D eigenvalue weighted by molar-refractivity contribution is 6.29. The Labute approximate surface area is 120 Å². The molecule has 1 aromatic carbocycles. The molecule has 1 heterocycles. The van der Waals surface area contributed by atoms with Gasteiger partial charge in [0, 0.05) is 11.1 Å². The quantitative estimate of drug-likeness (QED) is 0.862. The van der Waals surface area contributed by atoms with Crippen LogP contribution in [0, 0.1) is 0 Å². The van der Waals surface area contributed by atoms with E-state index in [1.807, 2.05) is 0 Å². The van der Waals surface area contributed by atoms with Gasteiger partial charge < -0.3 is 19.5 Å². The largest absolute Gasteiger partial charge is 0.496 e. The van der Waals surface area contributed by atoms with Crippen LogP contribution in [0.5, 0.6) is 11.5 Å². The number of halogens is 2. The maximum absolute atomic E-state index is 12.9. The number of benzene rings is 1. The fourth-order valence-electron chi connectivity index (χ4n) is 2.38. The highest BCUT2D eigenvalue weighted by Crippen LogP contribution is 2.39. The van der Waals surface area contributed by atoms with Gasteiger partial charge in [-0.1, -0.05) is 11.6 Å². The van der Waals surface area contributed by atoms with E-state index < -0.39 is 17.6 Å². The lowest BCUT2D eigenvalue weighted by molar-refractivity contribution is -0.136. The third-order valence-electron chi connectivity index (χ3n) is 3.29. The summed E-state index contributed by atoms with van der Waals surface area (Å²) in [6.07, 6.45) is -0.983. The van der Waals surface area contributed by atoms with Crippen molar-refractivity contribution in [2.75, 3.05) is 20.8 Å². The summed E-state index contributed by atoms with van der Waals surface area (Å²) < 4.78 is 23.4. The summed E-state index contributed by atoms with van der Waals surface area (Å²) in [5.74, 6) is 0.131. The lowest BCUT2D eigenvalue weighted by Crippen LogP contribution is -2.41. The molecule has 1 aromatic rings. The smallest absolute Gasteiger partial charge is 0.273 e. The number of alkyl halides is 2. The molecule has 5 nitrogen and oxygen atoms in total. The van der Waals surface area contributed by atoms with Gasteiger partial charge >= 0.3 is 0 Å². The van der Waals surface area contributed by atoms with Gasteiger partial charge in [0.15, 0.2) is 0 Å². The zero-order valence-corrected chi connectivity index (χ0v) is 11.9. The van der Waals surface area contributed by atoms with Crippen LogP contribution in [0.15, 0.2) is 12.1 Å². The third kappa shape index (κ3) is 2.53. The predicted octanol–water partition coefficient (Wildman–Crippen LogP) is 1.61. The number of aliphatic hydroxyl groups excluding tert-OH is 1. The number of carbonyl (C=O) groups is 1. The van der Waals surface area contributed by atoms with E-state index in [0.29, 0.717) is 22.6 Å². The van der Waals surface area contributed by atoms with E-state index in [9.17, 15) is 14.3 Å². The number of fused-ring (bicyclic) bond motifs is 1. The van der Waals surface area contributed by atoms with Gasteiger partial charge in [-0.05, 0) is 12.1 Å². The van der Waals surface area contributed by atoms with Crippen LogP contribution in [0.25, 0.3) is 0 Å². The van der Waals surface area contributed by atoms with Gasteiger partial charge in [-0.2, -0.15) is 0 Å². The second-order valence-electron chi connectivity index (χ2n) is 4.40. The fraction of sp³-hybridized carbons (Fsp3) is 0.462. The zero-order valence-electron chi connectivity index (χ0n) is 11.1. The van der Waals surface area contributed by atoms with E-state index >= 15 is 0 Å². The molecular formula is C13H15ClFNO4. The maximum Gasteiger partial charge on any atom is 0.273 e. The van der Waals surface area contributed by atoms with Crippen LogP contribution in [0.2, 0.25) is 0 Å². The number of rotatable bonds is 3. The minimum Gasteiger partial charge on any atom is -0.496 e. The van der Waals surface area contributed by atoms with Crippen molar-refractivity contribution in [1.29, 1.82) is 0 Å². The lowest BCUT2D eigenvalue weighted by atomic mass is 9.95. The first-order valence-electron chi connectivity index (χ1n) is 5.98. The molecule has 7 heteroatoms. The van der Waals surface area contributed by atoms with Crippen LogP contribution in [0.4, 0.5) is 4.39 Å². The molecule has 0 saturated heterocycles. The summed E-state index contributed by atoms with van der Waals surface area (Å²) in [6.45, 7) is 0.0707. The van der Waals surface area contributed by atoms with Gasteiger partial charge in [-0.15, -0.1) is 0 Å². The third-order valence-corrected chi connectivity index (χ3v) is 3.47. The average Bonchev–Trinajstić information content (AvgIpc) is 2.44. The van der Waals surface area contributed by atoms with Crippen molar-refractivity contribution in [1.82, 2.24) is 4.90 Å². The topological polar surface area (TPSA) is 59.0 Å². The number of hydrogen-bond donors (Lipinski definition) is 1. The second kappa shape index (κ2) is 5.85. The molecule has 0 fully saturated rings. The summed E-state index contributed by atoms with van der Waals surface area (Å²) in [6, 6.07) is 3.35. The summed E-state index contributed by atoms with van der Waals surface area (Å²) in [7, 11) is 2.97. The molecule has 1 amide bonds. The first kappa shape index (κ1) is 14.9. The van der Waals surface area contributed by atoms with Crippen LogP contribution in [-0.4, -0.2) is 42.3 Å². The Hall–Kier alpha value is -1.53. The highest BCUT2D eigenvalue weighted by atomic mass is 35.5. The Bertz CT molecular complexity index is 523. The molecule has 110 valence electrons. The number of aliphatic hydroxyl groups is 1. The maximum atomic E-state index is 12.9. The van der Waals surface area contributed by atoms with Crippen molar-refractivity contribution < 1.29 is 23.8 Å². The van der Waals surface area contributed by atoms with Gasteiger partial charge in [-0.25, -0.2) is 4.39 Å². The zero-order chi connectivity index (χ0) is 14.9. The molecule has 0 spiro atoms. The van der Waals surface area contributed by atoms with E-state index in [4.69, 9.17) is 21.1 Å². The van der Waals surface area contributed by atoms with Crippen LogP contribution >= 0.6 is 11.6 Å². The first-order valence-corrected chi connectivity index (χ1v) is 6.42. The van der Waals surface area contributed by atoms with E-state index in [1.54, 1.807) is 12.1 Å². The van der Waals surface area contributed by atoms with Gasteiger partial charge in [-0.3, -0.25) is 4.79 Å². The Morgan fingerprint density at radius 1 is 1.45 bits per heavy atom. The molecule has 0 aliphatic carbocycles. The van der Waals surface area contributed by atoms with E-state index in [2.05, 4.69) is 0 Å². The van der Waals surface area contributed by atoms with Gasteiger partial charge in [0.2, 0.25) is 0 Å². The molecule has 0 radical (unpaired) electrons. The predicted molar refractivity (Wildman–Crippen MR) is 70.7 cm³/mol. The summed E-state index contributed by atoms with van der Waals surface area (Å²) >= 11 is 5.17. The van der Waals surface area contributed by atoms with Crippen molar-refractivity contribution in [2.45, 2.75) is 18.3 Å². The summed E-state index contributed by atoms with van der Waals surface area (Å²) in [5, 5.41) is 10.2. The van der Waals surface area contributed by atoms with E-state index in [-0.39, 0.29) is 13.1 Å². The Balaban J connectivity index is 2.45. The number of methoxy groups -OCH3 is 2. The molecule has 2 rings (SSSR count). The number of nitrogens with zero attached hydrogens (tertiary/aromatic N) is 1. The number of hydrogen-bond acceptors (Lipinski definition) is 4. The number of carbonyl (C=O) groups excluding carboxylic acids is 1. The van der Waals surface area contributed by atoms with E-state index in [0.717, 1.165) is 4.90 Å². The molecule has 1 aliphatic rings. The van der Waals surface area contributed by atoms with Gasteiger partial charge in [0.05, 0.1) is 27.3 Å². The Kier molecular flexibility index (Phi) is 4.35. The Morgan fingerprint density at radius 3 is 2.60 bits per heavy atom. The second-order valence-corrected chi connectivity index (χ2v) is 4.78. The summed E-state index contributed by atoms with van der Waals surface area (Å²) in [5.41, 5.74) is -0.975. The SMILES string of the molecule is COc1ccc(OC)c2c1CN(C(=O)C(F)Cl)CC2O. The van der Waals surface area contributed by atoms with Crippen molar-refractivity contribution >= 4 is 17.5 Å². The van der Waals surface area contributed by atoms with Crippen molar-refractivity contribution in [3.8, 4) is 11.5 Å². The molecule has 1 N–H and O–H groups in total. The standard InChI is InChI=1S/C13H15ClFNO4/c1-19-9-3-4-10(20-2)11-7(9)5-16(6-8(11)17)13(18)12(14)15/h3-4,8,12,17H,5-6H2,1-2H3.